The number of aromatic hydroxyl groups is 1. The fraction of sp³-hybridized carbons (Fsp3) is 0.217. The van der Waals surface area contributed by atoms with Gasteiger partial charge < -0.3 is 29.2 Å². The van der Waals surface area contributed by atoms with E-state index >= 15 is 0 Å². The molecular formula is C23H24O8. The van der Waals surface area contributed by atoms with Crippen molar-refractivity contribution in [1.29, 1.82) is 0 Å². The van der Waals surface area contributed by atoms with Gasteiger partial charge in [0, 0.05) is 12.2 Å². The fourth-order valence-corrected chi connectivity index (χ4v) is 2.37. The molecule has 2 rings (SSSR count). The second-order valence-electron chi connectivity index (χ2n) is 6.29. The third-order valence-corrected chi connectivity index (χ3v) is 3.96. The standard InChI is InChI=1S/C23H24O8/c1-28-20-10-5-17(13-21(20)29-2)7-12-23(27)31-15-19(25)14-30-22(26)11-6-16-3-8-18(24)9-4-16/h3-13,19,24-25H,14-15H2,1-2H3. The van der Waals surface area contributed by atoms with Gasteiger partial charge in [0.2, 0.25) is 0 Å². The number of phenols is 1. The molecule has 0 aromatic heterocycles. The number of methoxy groups -OCH3 is 2. The molecule has 164 valence electrons. The summed E-state index contributed by atoms with van der Waals surface area (Å²) in [5.41, 5.74) is 1.40. The molecule has 0 radical (unpaired) electrons. The summed E-state index contributed by atoms with van der Waals surface area (Å²) in [5, 5.41) is 19.0. The highest BCUT2D eigenvalue weighted by Gasteiger charge is 2.10. The van der Waals surface area contributed by atoms with Crippen LogP contribution in [-0.2, 0) is 19.1 Å². The molecular weight excluding hydrogens is 404 g/mol. The van der Waals surface area contributed by atoms with Crippen molar-refractivity contribution in [1.82, 2.24) is 0 Å². The van der Waals surface area contributed by atoms with Crippen LogP contribution in [0.2, 0.25) is 0 Å². The lowest BCUT2D eigenvalue weighted by molar-refractivity contribution is -0.146. The first-order valence-electron chi connectivity index (χ1n) is 9.30. The Bertz CT molecular complexity index is 931. The van der Waals surface area contributed by atoms with Crippen LogP contribution >= 0.6 is 0 Å². The van der Waals surface area contributed by atoms with Crippen LogP contribution in [0, 0.1) is 0 Å². The number of carbonyl (C=O) groups excluding carboxylic acids is 2. The third-order valence-electron chi connectivity index (χ3n) is 3.96. The highest BCUT2D eigenvalue weighted by atomic mass is 16.6. The molecule has 0 aliphatic heterocycles. The Balaban J connectivity index is 1.73. The Morgan fingerprint density at radius 3 is 1.90 bits per heavy atom. The summed E-state index contributed by atoms with van der Waals surface area (Å²) in [6.07, 6.45) is 4.28. The van der Waals surface area contributed by atoms with Crippen LogP contribution in [0.1, 0.15) is 11.1 Å². The number of phenolic OH excluding ortho intramolecular Hbond substituents is 1. The van der Waals surface area contributed by atoms with Gasteiger partial charge in [0.05, 0.1) is 14.2 Å². The van der Waals surface area contributed by atoms with Crippen LogP contribution in [0.15, 0.2) is 54.6 Å². The number of rotatable bonds is 10. The zero-order valence-corrected chi connectivity index (χ0v) is 17.2. The number of ether oxygens (including phenoxy) is 4. The highest BCUT2D eigenvalue weighted by molar-refractivity contribution is 5.87. The first-order chi connectivity index (χ1) is 14.9. The zero-order chi connectivity index (χ0) is 22.6. The molecule has 2 aromatic carbocycles. The van der Waals surface area contributed by atoms with E-state index in [-0.39, 0.29) is 19.0 Å². The minimum Gasteiger partial charge on any atom is -0.508 e. The number of carbonyl (C=O) groups is 2. The van der Waals surface area contributed by atoms with Crippen LogP contribution in [0.5, 0.6) is 17.2 Å². The van der Waals surface area contributed by atoms with E-state index in [1.54, 1.807) is 30.3 Å². The fourth-order valence-electron chi connectivity index (χ4n) is 2.37. The van der Waals surface area contributed by atoms with E-state index in [9.17, 15) is 19.8 Å². The normalized spacial score (nSPS) is 12.0. The number of aliphatic hydroxyl groups is 1. The summed E-state index contributed by atoms with van der Waals surface area (Å²) >= 11 is 0. The van der Waals surface area contributed by atoms with Gasteiger partial charge >= 0.3 is 11.9 Å². The van der Waals surface area contributed by atoms with Crippen LogP contribution < -0.4 is 9.47 Å². The summed E-state index contributed by atoms with van der Waals surface area (Å²) in [6.45, 7) is -0.657. The second-order valence-corrected chi connectivity index (χ2v) is 6.29. The summed E-state index contributed by atoms with van der Waals surface area (Å²) in [4.78, 5) is 23.5. The van der Waals surface area contributed by atoms with Crippen molar-refractivity contribution >= 4 is 24.1 Å². The van der Waals surface area contributed by atoms with Gasteiger partial charge in [0.25, 0.3) is 0 Å². The summed E-state index contributed by atoms with van der Waals surface area (Å²) in [7, 11) is 3.04. The number of hydrogen-bond donors (Lipinski definition) is 2. The number of aliphatic hydroxyl groups excluding tert-OH is 1. The average Bonchev–Trinajstić information content (AvgIpc) is 2.79. The maximum Gasteiger partial charge on any atom is 0.330 e. The Labute approximate surface area is 179 Å². The van der Waals surface area contributed by atoms with Crippen molar-refractivity contribution in [3.05, 3.63) is 65.7 Å². The molecule has 0 amide bonds. The molecule has 0 saturated carbocycles. The molecule has 0 bridgehead atoms. The van der Waals surface area contributed by atoms with Crippen LogP contribution in [0.25, 0.3) is 12.2 Å². The van der Waals surface area contributed by atoms with Crippen molar-refractivity contribution < 1.29 is 38.7 Å². The Morgan fingerprint density at radius 2 is 1.35 bits per heavy atom. The van der Waals surface area contributed by atoms with E-state index in [1.165, 1.54) is 50.7 Å². The predicted molar refractivity (Wildman–Crippen MR) is 114 cm³/mol. The number of benzene rings is 2. The summed E-state index contributed by atoms with van der Waals surface area (Å²) in [5.74, 6) is -0.109. The molecule has 1 unspecified atom stereocenters. The molecule has 8 nitrogen and oxygen atoms in total. The Hall–Kier alpha value is -3.78. The maximum atomic E-state index is 11.8. The quantitative estimate of drug-likeness (QED) is 0.439. The van der Waals surface area contributed by atoms with Crippen molar-refractivity contribution in [2.45, 2.75) is 6.10 Å². The average molecular weight is 428 g/mol. The lowest BCUT2D eigenvalue weighted by atomic mass is 10.2. The van der Waals surface area contributed by atoms with Crippen LogP contribution in [0.4, 0.5) is 0 Å². The van der Waals surface area contributed by atoms with E-state index in [4.69, 9.17) is 18.9 Å². The monoisotopic (exact) mass is 428 g/mol. The smallest absolute Gasteiger partial charge is 0.330 e. The molecule has 0 spiro atoms. The van der Waals surface area contributed by atoms with E-state index in [0.717, 1.165) is 0 Å². The van der Waals surface area contributed by atoms with E-state index < -0.39 is 18.0 Å². The highest BCUT2D eigenvalue weighted by Crippen LogP contribution is 2.27. The van der Waals surface area contributed by atoms with Crippen LogP contribution in [0.3, 0.4) is 0 Å². The maximum absolute atomic E-state index is 11.8. The Morgan fingerprint density at radius 1 is 0.839 bits per heavy atom. The molecule has 0 heterocycles. The van der Waals surface area contributed by atoms with Gasteiger partial charge in [-0.05, 0) is 47.5 Å². The molecule has 0 fully saturated rings. The first kappa shape index (κ1) is 23.5. The molecule has 0 aliphatic rings. The first-order valence-corrected chi connectivity index (χ1v) is 9.30. The van der Waals surface area contributed by atoms with Gasteiger partial charge in [-0.15, -0.1) is 0 Å². The van der Waals surface area contributed by atoms with E-state index in [0.29, 0.717) is 22.6 Å². The largest absolute Gasteiger partial charge is 0.508 e. The van der Waals surface area contributed by atoms with Gasteiger partial charge in [-0.2, -0.15) is 0 Å². The number of hydrogen-bond acceptors (Lipinski definition) is 8. The lowest BCUT2D eigenvalue weighted by Gasteiger charge is -2.10. The second kappa shape index (κ2) is 12.0. The van der Waals surface area contributed by atoms with Gasteiger partial charge in [0.1, 0.15) is 25.1 Å². The van der Waals surface area contributed by atoms with Gasteiger partial charge in [0.15, 0.2) is 11.5 Å². The Kier molecular flexibility index (Phi) is 9.13. The topological polar surface area (TPSA) is 112 Å². The van der Waals surface area contributed by atoms with Crippen molar-refractivity contribution in [2.24, 2.45) is 0 Å². The molecule has 2 aromatic rings. The lowest BCUT2D eigenvalue weighted by Crippen LogP contribution is -2.24. The summed E-state index contributed by atoms with van der Waals surface area (Å²) < 4.78 is 20.2. The molecule has 31 heavy (non-hydrogen) atoms. The minimum absolute atomic E-state index is 0.121. The van der Waals surface area contributed by atoms with Crippen molar-refractivity contribution in [3.63, 3.8) is 0 Å². The molecule has 1 atom stereocenters. The molecule has 0 aliphatic carbocycles. The SMILES string of the molecule is COc1ccc(C=CC(=O)OCC(O)COC(=O)C=Cc2ccc(O)cc2)cc1OC. The van der Waals surface area contributed by atoms with Crippen molar-refractivity contribution in [3.8, 4) is 17.2 Å². The molecule has 2 N–H and O–H groups in total. The van der Waals surface area contributed by atoms with Gasteiger partial charge in [-0.3, -0.25) is 0 Å². The van der Waals surface area contributed by atoms with Gasteiger partial charge in [-0.25, -0.2) is 9.59 Å². The predicted octanol–water partition coefficient (Wildman–Crippen LogP) is 2.58. The van der Waals surface area contributed by atoms with Gasteiger partial charge in [-0.1, -0.05) is 18.2 Å². The molecule has 0 saturated heterocycles. The van der Waals surface area contributed by atoms with Crippen LogP contribution in [-0.4, -0.2) is 55.7 Å². The van der Waals surface area contributed by atoms with E-state index in [1.807, 2.05) is 0 Å². The summed E-state index contributed by atoms with van der Waals surface area (Å²) in [6, 6.07) is 11.4. The minimum atomic E-state index is -1.16. The van der Waals surface area contributed by atoms with E-state index in [2.05, 4.69) is 0 Å². The zero-order valence-electron chi connectivity index (χ0n) is 17.2. The molecule has 8 heteroatoms. The number of esters is 2. The third kappa shape index (κ3) is 8.23. The van der Waals surface area contributed by atoms with Crippen molar-refractivity contribution in [2.75, 3.05) is 27.4 Å².